The maximum atomic E-state index is 3.59. The lowest BCUT2D eigenvalue weighted by Crippen LogP contribution is -1.98. The number of aryl methyl sites for hydroxylation is 1. The van der Waals surface area contributed by atoms with Gasteiger partial charge in [0.1, 0.15) is 0 Å². The van der Waals surface area contributed by atoms with E-state index in [1.807, 2.05) is 30.3 Å². The van der Waals surface area contributed by atoms with Crippen LogP contribution in [0.1, 0.15) is 28.2 Å². The third-order valence-corrected chi connectivity index (χ3v) is 5.03. The summed E-state index contributed by atoms with van der Waals surface area (Å²) in [5.41, 5.74) is 5.83. The average Bonchev–Trinajstić information content (AvgIpc) is 3.07. The van der Waals surface area contributed by atoms with Gasteiger partial charge in [-0.3, -0.25) is 0 Å². The Morgan fingerprint density at radius 1 is 0.923 bits per heavy atom. The number of halogens is 1. The molecule has 0 aliphatic heterocycles. The van der Waals surface area contributed by atoms with Crippen molar-refractivity contribution in [2.45, 2.75) is 12.8 Å². The highest BCUT2D eigenvalue weighted by molar-refractivity contribution is 9.10. The molecule has 0 fully saturated rings. The maximum absolute atomic E-state index is 3.59. The highest BCUT2D eigenvalue weighted by atomic mass is 79.9. The maximum Gasteiger partial charge on any atom is 0.0726 e. The van der Waals surface area contributed by atoms with Gasteiger partial charge in [0.15, 0.2) is 0 Å². The van der Waals surface area contributed by atoms with Crippen LogP contribution in [0.3, 0.4) is 0 Å². The quantitative estimate of drug-likeness (QED) is 0.374. The molecule has 0 saturated carbocycles. The van der Waals surface area contributed by atoms with Gasteiger partial charge >= 0.3 is 0 Å². The summed E-state index contributed by atoms with van der Waals surface area (Å²) in [6.45, 7) is 2.11. The van der Waals surface area contributed by atoms with E-state index < -0.39 is 0 Å². The zero-order valence-electron chi connectivity index (χ0n) is 14.5. The third kappa shape index (κ3) is 3.45. The van der Waals surface area contributed by atoms with Crippen molar-refractivity contribution in [2.24, 2.45) is 0 Å². The first-order chi connectivity index (χ1) is 12.7. The van der Waals surface area contributed by atoms with Gasteiger partial charge in [0.25, 0.3) is 0 Å². The summed E-state index contributed by atoms with van der Waals surface area (Å²) in [5.74, 6) is 6.86. The summed E-state index contributed by atoms with van der Waals surface area (Å²) in [6.07, 6.45) is 2.08. The predicted octanol–water partition coefficient (Wildman–Crippen LogP) is 6.42. The van der Waals surface area contributed by atoms with Crippen molar-refractivity contribution >= 4 is 26.8 Å². The summed E-state index contributed by atoms with van der Waals surface area (Å²) in [4.78, 5) is 3.39. The molecule has 0 aliphatic rings. The molecule has 0 spiro atoms. The van der Waals surface area contributed by atoms with Crippen LogP contribution in [0.25, 0.3) is 10.9 Å². The van der Waals surface area contributed by atoms with Crippen molar-refractivity contribution in [3.63, 3.8) is 0 Å². The minimum absolute atomic E-state index is 0.0128. The molecule has 4 rings (SSSR count). The standard InChI is InChI=1S/C24H18BrN/c1-17-7-10-19(11-8-17)21(13-9-18-5-3-2-4-6-18)23-16-26-24-14-12-20(25)15-22(23)24/h2-8,10-12,14-16,21,26H,1H3. The lowest BCUT2D eigenvalue weighted by Gasteiger charge is -2.11. The minimum Gasteiger partial charge on any atom is -0.361 e. The van der Waals surface area contributed by atoms with Gasteiger partial charge in [-0.05, 0) is 48.4 Å². The number of rotatable bonds is 2. The van der Waals surface area contributed by atoms with Crippen molar-refractivity contribution < 1.29 is 0 Å². The Bertz CT molecular complexity index is 1100. The fourth-order valence-corrected chi connectivity index (χ4v) is 3.49. The second-order valence-electron chi connectivity index (χ2n) is 6.41. The first-order valence-electron chi connectivity index (χ1n) is 8.60. The first kappa shape index (κ1) is 16.7. The summed E-state index contributed by atoms with van der Waals surface area (Å²) in [7, 11) is 0. The second kappa shape index (κ2) is 7.23. The molecule has 0 radical (unpaired) electrons. The zero-order chi connectivity index (χ0) is 17.9. The molecule has 4 aromatic rings. The van der Waals surface area contributed by atoms with Gasteiger partial charge in [-0.2, -0.15) is 0 Å². The monoisotopic (exact) mass is 399 g/mol. The summed E-state index contributed by atoms with van der Waals surface area (Å²) in [5, 5.41) is 1.20. The minimum atomic E-state index is 0.0128. The van der Waals surface area contributed by atoms with Gasteiger partial charge in [-0.1, -0.05) is 75.8 Å². The van der Waals surface area contributed by atoms with Gasteiger partial charge in [0.2, 0.25) is 0 Å². The van der Waals surface area contributed by atoms with E-state index in [1.165, 1.54) is 22.1 Å². The van der Waals surface area contributed by atoms with Crippen molar-refractivity contribution in [3.05, 3.63) is 106 Å². The van der Waals surface area contributed by atoms with Crippen LogP contribution in [-0.2, 0) is 0 Å². The molecule has 1 unspecified atom stereocenters. The molecule has 26 heavy (non-hydrogen) atoms. The van der Waals surface area contributed by atoms with Gasteiger partial charge < -0.3 is 4.98 Å². The normalized spacial score (nSPS) is 11.8. The molecule has 1 heterocycles. The number of fused-ring (bicyclic) bond motifs is 1. The predicted molar refractivity (Wildman–Crippen MR) is 112 cm³/mol. The Kier molecular flexibility index (Phi) is 4.65. The molecule has 0 aliphatic carbocycles. The van der Waals surface area contributed by atoms with E-state index in [2.05, 4.69) is 88.3 Å². The van der Waals surface area contributed by atoms with Crippen LogP contribution < -0.4 is 0 Å². The van der Waals surface area contributed by atoms with E-state index in [1.54, 1.807) is 0 Å². The summed E-state index contributed by atoms with van der Waals surface area (Å²) in [6, 6.07) is 25.1. The molecular formula is C24H18BrN. The van der Waals surface area contributed by atoms with Crippen molar-refractivity contribution in [3.8, 4) is 11.8 Å². The highest BCUT2D eigenvalue weighted by Crippen LogP contribution is 2.32. The highest BCUT2D eigenvalue weighted by Gasteiger charge is 2.16. The van der Waals surface area contributed by atoms with Crippen LogP contribution in [0, 0.1) is 18.8 Å². The Labute approximate surface area is 162 Å². The number of aromatic nitrogens is 1. The lowest BCUT2D eigenvalue weighted by molar-refractivity contribution is 1.07. The van der Waals surface area contributed by atoms with Crippen molar-refractivity contribution in [1.82, 2.24) is 4.98 Å². The van der Waals surface area contributed by atoms with Crippen LogP contribution in [0.2, 0.25) is 0 Å². The van der Waals surface area contributed by atoms with E-state index in [4.69, 9.17) is 0 Å². The van der Waals surface area contributed by atoms with Crippen LogP contribution in [0.15, 0.2) is 83.5 Å². The van der Waals surface area contributed by atoms with Crippen LogP contribution >= 0.6 is 15.9 Å². The van der Waals surface area contributed by atoms with E-state index >= 15 is 0 Å². The molecule has 1 atom stereocenters. The molecule has 0 amide bonds. The number of hydrogen-bond acceptors (Lipinski definition) is 0. The molecule has 1 nitrogen and oxygen atoms in total. The Balaban J connectivity index is 1.86. The number of hydrogen-bond donors (Lipinski definition) is 1. The molecule has 1 N–H and O–H groups in total. The molecular weight excluding hydrogens is 382 g/mol. The van der Waals surface area contributed by atoms with Crippen LogP contribution in [0.5, 0.6) is 0 Å². The molecule has 126 valence electrons. The smallest absolute Gasteiger partial charge is 0.0726 e. The van der Waals surface area contributed by atoms with Crippen LogP contribution in [0.4, 0.5) is 0 Å². The summed E-state index contributed by atoms with van der Waals surface area (Å²) >= 11 is 3.59. The zero-order valence-corrected chi connectivity index (χ0v) is 16.0. The molecule has 3 aromatic carbocycles. The van der Waals surface area contributed by atoms with E-state index in [0.29, 0.717) is 0 Å². The van der Waals surface area contributed by atoms with Gasteiger partial charge in [0.05, 0.1) is 5.92 Å². The average molecular weight is 400 g/mol. The number of nitrogens with one attached hydrogen (secondary N) is 1. The number of benzene rings is 3. The fraction of sp³-hybridized carbons (Fsp3) is 0.0833. The summed E-state index contributed by atoms with van der Waals surface area (Å²) < 4.78 is 1.07. The van der Waals surface area contributed by atoms with Crippen LogP contribution in [-0.4, -0.2) is 4.98 Å². The third-order valence-electron chi connectivity index (χ3n) is 4.53. The number of H-pyrrole nitrogens is 1. The molecule has 0 saturated heterocycles. The van der Waals surface area contributed by atoms with E-state index in [0.717, 1.165) is 15.6 Å². The molecule has 1 aromatic heterocycles. The second-order valence-corrected chi connectivity index (χ2v) is 7.33. The molecule has 2 heteroatoms. The number of aromatic amines is 1. The van der Waals surface area contributed by atoms with E-state index in [-0.39, 0.29) is 5.92 Å². The molecule has 0 bridgehead atoms. The van der Waals surface area contributed by atoms with Gasteiger partial charge in [-0.15, -0.1) is 0 Å². The van der Waals surface area contributed by atoms with Gasteiger partial charge in [-0.25, -0.2) is 0 Å². The lowest BCUT2D eigenvalue weighted by atomic mass is 9.90. The van der Waals surface area contributed by atoms with Crippen molar-refractivity contribution in [1.29, 1.82) is 0 Å². The Hall–Kier alpha value is -2.76. The Morgan fingerprint density at radius 2 is 1.69 bits per heavy atom. The topological polar surface area (TPSA) is 15.8 Å². The first-order valence-corrected chi connectivity index (χ1v) is 9.40. The largest absolute Gasteiger partial charge is 0.361 e. The Morgan fingerprint density at radius 3 is 2.46 bits per heavy atom. The van der Waals surface area contributed by atoms with Crippen molar-refractivity contribution in [2.75, 3.05) is 0 Å². The fourth-order valence-electron chi connectivity index (χ4n) is 3.13. The SMILES string of the molecule is Cc1ccc(C(C#Cc2ccccc2)c2c[nH]c3ccc(Br)cc23)cc1. The van der Waals surface area contributed by atoms with E-state index in [9.17, 15) is 0 Å². The van der Waals surface area contributed by atoms with Gasteiger partial charge in [0, 0.05) is 27.1 Å².